The largest absolute Gasteiger partial charge is 0.335 e. The average Bonchev–Trinajstić information content (AvgIpc) is 2.87. The van der Waals surface area contributed by atoms with Gasteiger partial charge in [0.15, 0.2) is 5.82 Å². The molecule has 0 atom stereocenters. The van der Waals surface area contributed by atoms with Crippen LogP contribution < -0.4 is 10.6 Å². The third-order valence-corrected chi connectivity index (χ3v) is 4.84. The van der Waals surface area contributed by atoms with Gasteiger partial charge in [-0.3, -0.25) is 0 Å². The molecule has 2 aromatic rings. The summed E-state index contributed by atoms with van der Waals surface area (Å²) < 4.78 is 1.79. The van der Waals surface area contributed by atoms with Crippen molar-refractivity contribution in [1.29, 1.82) is 0 Å². The molecule has 2 N–H and O–H groups in total. The number of urea groups is 1. The Morgan fingerprint density at radius 3 is 2.70 bits per heavy atom. The number of pyridine rings is 1. The second-order valence-electron chi connectivity index (χ2n) is 5.73. The molecule has 23 heavy (non-hydrogen) atoms. The van der Waals surface area contributed by atoms with E-state index in [1.807, 2.05) is 43.8 Å². The highest BCUT2D eigenvalue weighted by Gasteiger charge is 2.16. The zero-order chi connectivity index (χ0) is 16.2. The summed E-state index contributed by atoms with van der Waals surface area (Å²) in [4.78, 5) is 16.4. The van der Waals surface area contributed by atoms with E-state index in [0.717, 1.165) is 41.6 Å². The van der Waals surface area contributed by atoms with E-state index in [9.17, 15) is 4.79 Å². The molecular formula is C16H21N5OS. The number of carbonyl (C=O) groups is 1. The Balaban J connectivity index is 1.61. The molecule has 0 aromatic carbocycles. The van der Waals surface area contributed by atoms with Gasteiger partial charge in [0, 0.05) is 11.7 Å². The van der Waals surface area contributed by atoms with Crippen LogP contribution >= 0.6 is 11.8 Å². The Kier molecular flexibility index (Phi) is 4.85. The molecule has 0 aliphatic carbocycles. The highest BCUT2D eigenvalue weighted by molar-refractivity contribution is 7.99. The first-order valence-corrected chi connectivity index (χ1v) is 8.92. The van der Waals surface area contributed by atoms with Gasteiger partial charge in [0.2, 0.25) is 0 Å². The van der Waals surface area contributed by atoms with Gasteiger partial charge < -0.3 is 10.6 Å². The van der Waals surface area contributed by atoms with Crippen LogP contribution in [0.2, 0.25) is 0 Å². The Labute approximate surface area is 140 Å². The van der Waals surface area contributed by atoms with E-state index in [2.05, 4.69) is 20.7 Å². The quantitative estimate of drug-likeness (QED) is 0.907. The maximum atomic E-state index is 12.0. The molecule has 3 heterocycles. The molecule has 0 unspecified atom stereocenters. The second kappa shape index (κ2) is 7.04. The zero-order valence-electron chi connectivity index (χ0n) is 13.4. The van der Waals surface area contributed by atoms with Gasteiger partial charge in [-0.25, -0.2) is 14.5 Å². The number of thioether (sulfide) groups is 1. The maximum absolute atomic E-state index is 12.0. The number of carbonyl (C=O) groups excluding carboxylic acids is 1. The molecule has 1 aliphatic rings. The number of anilines is 1. The third-order valence-electron chi connectivity index (χ3n) is 3.79. The van der Waals surface area contributed by atoms with Crippen LogP contribution in [0.15, 0.2) is 24.4 Å². The summed E-state index contributed by atoms with van der Waals surface area (Å²) in [7, 11) is 0. The summed E-state index contributed by atoms with van der Waals surface area (Å²) >= 11 is 1.94. The van der Waals surface area contributed by atoms with Crippen molar-refractivity contribution in [3.63, 3.8) is 0 Å². The van der Waals surface area contributed by atoms with E-state index in [0.29, 0.717) is 5.69 Å². The first kappa shape index (κ1) is 15.9. The zero-order valence-corrected chi connectivity index (χ0v) is 14.2. The van der Waals surface area contributed by atoms with Crippen LogP contribution in [0.3, 0.4) is 0 Å². The fraction of sp³-hybridized carbons (Fsp3) is 0.438. The van der Waals surface area contributed by atoms with Crippen LogP contribution in [0, 0.1) is 13.8 Å². The summed E-state index contributed by atoms with van der Waals surface area (Å²) in [5.41, 5.74) is 2.66. The smallest absolute Gasteiger partial charge is 0.319 e. The molecule has 3 rings (SSSR count). The fourth-order valence-electron chi connectivity index (χ4n) is 2.64. The van der Waals surface area contributed by atoms with Crippen molar-refractivity contribution in [1.82, 2.24) is 20.1 Å². The van der Waals surface area contributed by atoms with Gasteiger partial charge in [-0.05, 0) is 56.4 Å². The molecule has 1 fully saturated rings. The molecule has 1 saturated heterocycles. The van der Waals surface area contributed by atoms with Gasteiger partial charge in [-0.15, -0.1) is 0 Å². The number of nitrogens with zero attached hydrogens (tertiary/aromatic N) is 3. The van der Waals surface area contributed by atoms with E-state index in [1.165, 1.54) is 0 Å². The topological polar surface area (TPSA) is 71.8 Å². The van der Waals surface area contributed by atoms with Crippen molar-refractivity contribution in [2.24, 2.45) is 0 Å². The minimum Gasteiger partial charge on any atom is -0.335 e. The molecule has 122 valence electrons. The minimum absolute atomic E-state index is 0.164. The molecular weight excluding hydrogens is 310 g/mol. The summed E-state index contributed by atoms with van der Waals surface area (Å²) in [6.45, 7) is 3.94. The van der Waals surface area contributed by atoms with Crippen molar-refractivity contribution in [3.05, 3.63) is 35.8 Å². The van der Waals surface area contributed by atoms with Crippen LogP contribution in [-0.4, -0.2) is 38.3 Å². The lowest BCUT2D eigenvalue weighted by atomic mass is 10.2. The van der Waals surface area contributed by atoms with Crippen molar-refractivity contribution >= 4 is 23.5 Å². The summed E-state index contributed by atoms with van der Waals surface area (Å²) in [6, 6.07) is 5.81. The fourth-order valence-corrected chi connectivity index (χ4v) is 3.75. The third kappa shape index (κ3) is 4.04. The average molecular weight is 331 g/mol. The number of rotatable bonds is 3. The first-order valence-electron chi connectivity index (χ1n) is 7.77. The van der Waals surface area contributed by atoms with Crippen LogP contribution in [0.5, 0.6) is 0 Å². The van der Waals surface area contributed by atoms with Crippen LogP contribution in [-0.2, 0) is 0 Å². The number of nitrogens with one attached hydrogen (secondary N) is 2. The van der Waals surface area contributed by atoms with Crippen molar-refractivity contribution in [2.75, 3.05) is 16.8 Å². The van der Waals surface area contributed by atoms with E-state index in [4.69, 9.17) is 0 Å². The summed E-state index contributed by atoms with van der Waals surface area (Å²) in [6.07, 6.45) is 3.72. The maximum Gasteiger partial charge on any atom is 0.319 e. The molecule has 6 nitrogen and oxygen atoms in total. The number of hydrogen-bond donors (Lipinski definition) is 2. The normalized spacial score (nSPS) is 15.4. The number of amides is 2. The summed E-state index contributed by atoms with van der Waals surface area (Å²) in [5, 5.41) is 10.3. The summed E-state index contributed by atoms with van der Waals surface area (Å²) in [5.74, 6) is 2.97. The van der Waals surface area contributed by atoms with E-state index in [-0.39, 0.29) is 12.1 Å². The lowest BCUT2D eigenvalue weighted by molar-refractivity contribution is 0.247. The first-order chi connectivity index (χ1) is 11.1. The van der Waals surface area contributed by atoms with Crippen LogP contribution in [0.25, 0.3) is 5.82 Å². The second-order valence-corrected chi connectivity index (χ2v) is 6.95. The highest BCUT2D eigenvalue weighted by Crippen LogP contribution is 2.17. The molecule has 1 aliphatic heterocycles. The molecule has 2 aromatic heterocycles. The molecule has 7 heteroatoms. The van der Waals surface area contributed by atoms with Crippen molar-refractivity contribution < 1.29 is 4.79 Å². The predicted molar refractivity (Wildman–Crippen MR) is 93.3 cm³/mol. The monoisotopic (exact) mass is 331 g/mol. The molecule has 2 amide bonds. The standard InChI is InChI=1S/C16H21N5OS/c1-11-9-12(2)21(20-11)15-4-3-14(10-17-15)19-16(22)18-13-5-7-23-8-6-13/h3-4,9-10,13H,5-8H2,1-2H3,(H2,18,19,22). The Morgan fingerprint density at radius 2 is 2.09 bits per heavy atom. The Morgan fingerprint density at radius 1 is 1.30 bits per heavy atom. The van der Waals surface area contributed by atoms with Gasteiger partial charge in [-0.2, -0.15) is 16.9 Å². The molecule has 0 radical (unpaired) electrons. The molecule has 0 bridgehead atoms. The van der Waals surface area contributed by atoms with Crippen LogP contribution in [0.1, 0.15) is 24.2 Å². The van der Waals surface area contributed by atoms with Crippen molar-refractivity contribution in [2.45, 2.75) is 32.7 Å². The molecule has 0 spiro atoms. The van der Waals surface area contributed by atoms with Crippen LogP contribution in [0.4, 0.5) is 10.5 Å². The number of aromatic nitrogens is 3. The van der Waals surface area contributed by atoms with E-state index < -0.39 is 0 Å². The Bertz CT molecular complexity index is 676. The van der Waals surface area contributed by atoms with E-state index >= 15 is 0 Å². The van der Waals surface area contributed by atoms with Gasteiger partial charge in [0.05, 0.1) is 17.6 Å². The van der Waals surface area contributed by atoms with Gasteiger partial charge in [0.25, 0.3) is 0 Å². The lowest BCUT2D eigenvalue weighted by Crippen LogP contribution is -2.39. The van der Waals surface area contributed by atoms with Gasteiger partial charge in [0.1, 0.15) is 0 Å². The van der Waals surface area contributed by atoms with E-state index in [1.54, 1.807) is 10.9 Å². The lowest BCUT2D eigenvalue weighted by Gasteiger charge is -2.22. The SMILES string of the molecule is Cc1cc(C)n(-c2ccc(NC(=O)NC3CCSCC3)cn2)n1. The van der Waals surface area contributed by atoms with Gasteiger partial charge >= 0.3 is 6.03 Å². The minimum atomic E-state index is -0.164. The predicted octanol–water partition coefficient (Wildman–Crippen LogP) is 2.90. The highest BCUT2D eigenvalue weighted by atomic mass is 32.2. The Hall–Kier alpha value is -2.02. The number of aryl methyl sites for hydroxylation is 2. The van der Waals surface area contributed by atoms with Crippen molar-refractivity contribution in [3.8, 4) is 5.82 Å². The number of hydrogen-bond acceptors (Lipinski definition) is 4. The molecule has 0 saturated carbocycles. The van der Waals surface area contributed by atoms with Gasteiger partial charge in [-0.1, -0.05) is 0 Å².